The van der Waals surface area contributed by atoms with Crippen molar-refractivity contribution in [3.05, 3.63) is 71.3 Å². The van der Waals surface area contributed by atoms with Crippen molar-refractivity contribution >= 4 is 5.91 Å². The molecule has 0 radical (unpaired) electrons. The van der Waals surface area contributed by atoms with E-state index in [1.165, 1.54) is 6.07 Å². The lowest BCUT2D eigenvalue weighted by Gasteiger charge is -2.16. The Balaban J connectivity index is 2.15. The summed E-state index contributed by atoms with van der Waals surface area (Å²) >= 11 is 0. The molecule has 4 nitrogen and oxygen atoms in total. The predicted molar refractivity (Wildman–Crippen MR) is 74.9 cm³/mol. The highest BCUT2D eigenvalue weighted by atomic mass is 16.3. The first-order valence-corrected chi connectivity index (χ1v) is 6.21. The molecule has 1 amide bonds. The molecule has 100 valence electrons. The summed E-state index contributed by atoms with van der Waals surface area (Å²) < 4.78 is 0. The number of carbonyl (C=O) groups is 1. The topological polar surface area (TPSA) is 73.1 Å². The van der Waals surface area contributed by atoms with Gasteiger partial charge in [-0.2, -0.15) is 5.26 Å². The maximum absolute atomic E-state index is 12.1. The molecule has 4 heteroatoms. The summed E-state index contributed by atoms with van der Waals surface area (Å²) in [5.74, 6) is -0.315. The predicted octanol–water partition coefficient (Wildman–Crippen LogP) is 2.02. The first-order chi connectivity index (χ1) is 9.74. The van der Waals surface area contributed by atoms with E-state index < -0.39 is 6.04 Å². The number of hydrogen-bond acceptors (Lipinski definition) is 3. The maximum Gasteiger partial charge on any atom is 0.251 e. The Bertz CT molecular complexity index is 632. The van der Waals surface area contributed by atoms with Crippen molar-refractivity contribution in [2.75, 3.05) is 6.61 Å². The van der Waals surface area contributed by atoms with Gasteiger partial charge in [0, 0.05) is 5.56 Å². The zero-order chi connectivity index (χ0) is 14.4. The van der Waals surface area contributed by atoms with Gasteiger partial charge in [0.15, 0.2) is 0 Å². The molecule has 0 heterocycles. The van der Waals surface area contributed by atoms with Crippen LogP contribution in [0.25, 0.3) is 0 Å². The van der Waals surface area contributed by atoms with Gasteiger partial charge in [-0.3, -0.25) is 4.79 Å². The number of nitrogens with zero attached hydrogens (tertiary/aromatic N) is 1. The summed E-state index contributed by atoms with van der Waals surface area (Å²) in [6.07, 6.45) is 0. The Morgan fingerprint density at radius 2 is 1.95 bits per heavy atom. The van der Waals surface area contributed by atoms with E-state index in [0.29, 0.717) is 11.1 Å². The van der Waals surface area contributed by atoms with E-state index >= 15 is 0 Å². The van der Waals surface area contributed by atoms with Crippen LogP contribution in [0.15, 0.2) is 54.6 Å². The fourth-order valence-corrected chi connectivity index (χ4v) is 1.89. The highest BCUT2D eigenvalue weighted by Crippen LogP contribution is 2.13. The maximum atomic E-state index is 12.1. The fourth-order valence-electron chi connectivity index (χ4n) is 1.89. The number of hydrogen-bond donors (Lipinski definition) is 2. The van der Waals surface area contributed by atoms with Gasteiger partial charge >= 0.3 is 0 Å². The van der Waals surface area contributed by atoms with E-state index in [1.54, 1.807) is 18.2 Å². The Kier molecular flexibility index (Phi) is 4.48. The molecule has 2 N–H and O–H groups in total. The summed E-state index contributed by atoms with van der Waals surface area (Å²) in [4.78, 5) is 12.1. The standard InChI is InChI=1S/C16H14N2O2/c17-10-12-5-4-8-14(9-12)16(20)18-15(11-19)13-6-2-1-3-7-13/h1-9,15,19H,11H2,(H,18,20)/t15-/m0/s1. The van der Waals surface area contributed by atoms with Gasteiger partial charge in [-0.05, 0) is 23.8 Å². The molecule has 20 heavy (non-hydrogen) atoms. The molecule has 0 aliphatic rings. The second kappa shape index (κ2) is 6.50. The summed E-state index contributed by atoms with van der Waals surface area (Å²) in [7, 11) is 0. The molecular weight excluding hydrogens is 252 g/mol. The zero-order valence-corrected chi connectivity index (χ0v) is 10.8. The van der Waals surface area contributed by atoms with Crippen molar-refractivity contribution in [3.63, 3.8) is 0 Å². The molecule has 1 atom stereocenters. The van der Waals surface area contributed by atoms with Crippen LogP contribution in [-0.2, 0) is 0 Å². The molecule has 0 aliphatic heterocycles. The molecule has 2 aromatic rings. The number of benzene rings is 2. The van der Waals surface area contributed by atoms with Gasteiger partial charge < -0.3 is 10.4 Å². The molecule has 0 saturated heterocycles. The average molecular weight is 266 g/mol. The summed E-state index contributed by atoms with van der Waals surface area (Å²) in [5, 5.41) is 21.0. The molecule has 0 spiro atoms. The van der Waals surface area contributed by atoms with Crippen molar-refractivity contribution in [2.45, 2.75) is 6.04 Å². The number of aliphatic hydroxyl groups is 1. The van der Waals surface area contributed by atoms with Crippen LogP contribution < -0.4 is 5.32 Å². The quantitative estimate of drug-likeness (QED) is 0.889. The molecule has 0 bridgehead atoms. The van der Waals surface area contributed by atoms with Gasteiger partial charge in [-0.1, -0.05) is 36.4 Å². The normalized spacial score (nSPS) is 11.4. The van der Waals surface area contributed by atoms with Gasteiger partial charge in [0.25, 0.3) is 5.91 Å². The monoisotopic (exact) mass is 266 g/mol. The van der Waals surface area contributed by atoms with Crippen LogP contribution in [0.3, 0.4) is 0 Å². The van der Waals surface area contributed by atoms with Crippen LogP contribution in [0.4, 0.5) is 0 Å². The van der Waals surface area contributed by atoms with E-state index in [2.05, 4.69) is 5.32 Å². The molecule has 0 unspecified atom stereocenters. The van der Waals surface area contributed by atoms with Gasteiger partial charge in [0.2, 0.25) is 0 Å². The van der Waals surface area contributed by atoms with Crippen molar-refractivity contribution in [1.82, 2.24) is 5.32 Å². The number of aliphatic hydroxyl groups excluding tert-OH is 1. The third-order valence-electron chi connectivity index (χ3n) is 2.94. The van der Waals surface area contributed by atoms with Gasteiger partial charge in [0.05, 0.1) is 24.3 Å². The number of nitriles is 1. The van der Waals surface area contributed by atoms with Crippen molar-refractivity contribution in [2.24, 2.45) is 0 Å². The van der Waals surface area contributed by atoms with E-state index in [9.17, 15) is 9.90 Å². The third kappa shape index (κ3) is 3.22. The van der Waals surface area contributed by atoms with Crippen LogP contribution in [0.1, 0.15) is 27.5 Å². The van der Waals surface area contributed by atoms with E-state index in [-0.39, 0.29) is 12.5 Å². The van der Waals surface area contributed by atoms with Crippen LogP contribution in [0, 0.1) is 11.3 Å². The molecule has 0 saturated carbocycles. The van der Waals surface area contributed by atoms with Crippen LogP contribution >= 0.6 is 0 Å². The Morgan fingerprint density at radius 1 is 1.20 bits per heavy atom. The molecule has 2 aromatic carbocycles. The minimum atomic E-state index is -0.463. The number of carbonyl (C=O) groups excluding carboxylic acids is 1. The lowest BCUT2D eigenvalue weighted by atomic mass is 10.1. The fraction of sp³-hybridized carbons (Fsp3) is 0.125. The highest BCUT2D eigenvalue weighted by Gasteiger charge is 2.14. The molecule has 2 rings (SSSR count). The summed E-state index contributed by atoms with van der Waals surface area (Å²) in [6.45, 7) is -0.187. The summed E-state index contributed by atoms with van der Waals surface area (Å²) in [5.41, 5.74) is 1.66. The SMILES string of the molecule is N#Cc1cccc(C(=O)N[C@@H](CO)c2ccccc2)c1. The molecular formula is C16H14N2O2. The van der Waals surface area contributed by atoms with E-state index in [4.69, 9.17) is 5.26 Å². The van der Waals surface area contributed by atoms with Crippen LogP contribution in [0.5, 0.6) is 0 Å². The average Bonchev–Trinajstić information content (AvgIpc) is 2.53. The van der Waals surface area contributed by atoms with E-state index in [0.717, 1.165) is 5.56 Å². The minimum absolute atomic E-state index is 0.187. The first-order valence-electron chi connectivity index (χ1n) is 6.21. The number of rotatable bonds is 4. The molecule has 0 aliphatic carbocycles. The van der Waals surface area contributed by atoms with Crippen molar-refractivity contribution in [3.8, 4) is 6.07 Å². The lowest BCUT2D eigenvalue weighted by molar-refractivity contribution is 0.0916. The number of amides is 1. The van der Waals surface area contributed by atoms with Crippen molar-refractivity contribution in [1.29, 1.82) is 5.26 Å². The Labute approximate surface area is 117 Å². The minimum Gasteiger partial charge on any atom is -0.394 e. The second-order valence-electron chi connectivity index (χ2n) is 4.31. The van der Waals surface area contributed by atoms with Gasteiger partial charge in [-0.25, -0.2) is 0 Å². The highest BCUT2D eigenvalue weighted by molar-refractivity contribution is 5.94. The third-order valence-corrected chi connectivity index (χ3v) is 2.94. The Morgan fingerprint density at radius 3 is 2.60 bits per heavy atom. The smallest absolute Gasteiger partial charge is 0.251 e. The zero-order valence-electron chi connectivity index (χ0n) is 10.8. The van der Waals surface area contributed by atoms with Crippen molar-refractivity contribution < 1.29 is 9.90 Å². The van der Waals surface area contributed by atoms with E-state index in [1.807, 2.05) is 36.4 Å². The second-order valence-corrected chi connectivity index (χ2v) is 4.31. The molecule has 0 fully saturated rings. The van der Waals surface area contributed by atoms with Crippen LogP contribution in [-0.4, -0.2) is 17.6 Å². The van der Waals surface area contributed by atoms with Gasteiger partial charge in [-0.15, -0.1) is 0 Å². The van der Waals surface area contributed by atoms with Crippen LogP contribution in [0.2, 0.25) is 0 Å². The Hall–Kier alpha value is -2.64. The first kappa shape index (κ1) is 13.8. The number of nitrogens with one attached hydrogen (secondary N) is 1. The molecule has 0 aromatic heterocycles. The lowest BCUT2D eigenvalue weighted by Crippen LogP contribution is -2.30. The van der Waals surface area contributed by atoms with Gasteiger partial charge in [0.1, 0.15) is 0 Å². The largest absolute Gasteiger partial charge is 0.394 e. The summed E-state index contributed by atoms with van der Waals surface area (Å²) in [6, 6.07) is 17.2.